The summed E-state index contributed by atoms with van der Waals surface area (Å²) in [6.45, 7) is -0.207. The van der Waals surface area contributed by atoms with Crippen LogP contribution in [0.3, 0.4) is 0 Å². The summed E-state index contributed by atoms with van der Waals surface area (Å²) in [6.07, 6.45) is 0. The van der Waals surface area contributed by atoms with E-state index in [1.165, 1.54) is 42.4 Å². The molecule has 2 unspecified atom stereocenters. The largest absolute Gasteiger partial charge is 0.477 e. The fourth-order valence-electron chi connectivity index (χ4n) is 4.16. The van der Waals surface area contributed by atoms with Crippen LogP contribution in [0.25, 0.3) is 0 Å². The molecule has 210 valence electrons. The molecule has 1 aromatic heterocycles. The monoisotopic (exact) mass is 587 g/mol. The van der Waals surface area contributed by atoms with Crippen molar-refractivity contribution in [2.45, 2.75) is 22.3 Å². The van der Waals surface area contributed by atoms with E-state index >= 15 is 0 Å². The van der Waals surface area contributed by atoms with Gasteiger partial charge >= 0.3 is 12.0 Å². The van der Waals surface area contributed by atoms with Crippen LogP contribution in [0.15, 0.2) is 46.8 Å². The summed E-state index contributed by atoms with van der Waals surface area (Å²) in [5.74, 6) is -2.34. The zero-order chi connectivity index (χ0) is 29.0. The Hall–Kier alpha value is -4.14. The molecule has 4 amide bonds. The van der Waals surface area contributed by atoms with Crippen molar-refractivity contribution in [1.82, 2.24) is 40.6 Å². The Morgan fingerprint density at radius 2 is 2.10 bits per heavy atom. The van der Waals surface area contributed by atoms with Crippen molar-refractivity contribution in [3.05, 3.63) is 47.2 Å². The molecule has 0 radical (unpaired) electrons. The number of methoxy groups -OCH3 is 1. The molecule has 2 aliphatic heterocycles. The molecule has 0 aliphatic carbocycles. The third kappa shape index (κ3) is 5.33. The van der Waals surface area contributed by atoms with Crippen molar-refractivity contribution in [3.8, 4) is 6.07 Å². The molecule has 3 atom stereocenters. The fraction of sp³-hybridized carbons (Fsp3) is 0.391. The number of aliphatic carboxylic acids is 1. The van der Waals surface area contributed by atoms with E-state index in [1.54, 1.807) is 37.4 Å². The van der Waals surface area contributed by atoms with Gasteiger partial charge in [0.1, 0.15) is 23.7 Å². The number of amides is 4. The second-order valence-electron chi connectivity index (χ2n) is 8.71. The first-order chi connectivity index (χ1) is 19.1. The molecule has 0 spiro atoms. The van der Waals surface area contributed by atoms with Crippen LogP contribution in [0.1, 0.15) is 11.6 Å². The number of thioether (sulfide) groups is 2. The van der Waals surface area contributed by atoms with Crippen LogP contribution in [0.2, 0.25) is 0 Å². The van der Waals surface area contributed by atoms with Crippen molar-refractivity contribution < 1.29 is 29.0 Å². The number of fused-ring (bicyclic) bond motifs is 1. The molecule has 3 N–H and O–H groups in total. The molecule has 4 rings (SSSR count). The van der Waals surface area contributed by atoms with Crippen molar-refractivity contribution >= 4 is 47.3 Å². The number of β-lactam (4-membered cyclic amide) rings is 1. The Balaban J connectivity index is 1.57. The van der Waals surface area contributed by atoms with Gasteiger partial charge in [0.05, 0.1) is 6.07 Å². The molecule has 2 aromatic rings. The molecule has 40 heavy (non-hydrogen) atoms. The number of rotatable bonds is 10. The quantitative estimate of drug-likeness (QED) is 0.145. The van der Waals surface area contributed by atoms with Crippen molar-refractivity contribution in [2.75, 3.05) is 32.2 Å². The van der Waals surface area contributed by atoms with Crippen LogP contribution in [0.4, 0.5) is 4.79 Å². The van der Waals surface area contributed by atoms with E-state index in [4.69, 9.17) is 10.00 Å². The van der Waals surface area contributed by atoms with Crippen LogP contribution >= 0.6 is 23.5 Å². The third-order valence-electron chi connectivity index (χ3n) is 6.22. The summed E-state index contributed by atoms with van der Waals surface area (Å²) in [5.41, 5.74) is -1.15. The maximum Gasteiger partial charge on any atom is 0.352 e. The van der Waals surface area contributed by atoms with E-state index in [1.807, 2.05) is 6.07 Å². The third-order valence-corrected chi connectivity index (χ3v) is 8.69. The first-order valence-electron chi connectivity index (χ1n) is 11.7. The normalized spacial score (nSPS) is 20.6. The number of carbonyl (C=O) groups excluding carboxylic acids is 3. The summed E-state index contributed by atoms with van der Waals surface area (Å²) >= 11 is 2.46. The number of nitrogens with zero attached hydrogens (tertiary/aromatic N) is 7. The van der Waals surface area contributed by atoms with Crippen molar-refractivity contribution in [3.63, 3.8) is 0 Å². The van der Waals surface area contributed by atoms with Crippen LogP contribution in [0.5, 0.6) is 0 Å². The van der Waals surface area contributed by atoms with Gasteiger partial charge in [0.2, 0.25) is 11.1 Å². The average molecular weight is 588 g/mol. The maximum absolute atomic E-state index is 13.6. The van der Waals surface area contributed by atoms with Crippen molar-refractivity contribution in [2.24, 2.45) is 7.05 Å². The Morgan fingerprint density at radius 3 is 2.70 bits per heavy atom. The Bertz CT molecular complexity index is 1390. The van der Waals surface area contributed by atoms with Gasteiger partial charge in [0.15, 0.2) is 0 Å². The highest BCUT2D eigenvalue weighted by Crippen LogP contribution is 2.47. The summed E-state index contributed by atoms with van der Waals surface area (Å²) in [4.78, 5) is 54.2. The lowest BCUT2D eigenvalue weighted by atomic mass is 9.97. The van der Waals surface area contributed by atoms with E-state index in [-0.39, 0.29) is 23.7 Å². The maximum atomic E-state index is 13.6. The summed E-state index contributed by atoms with van der Waals surface area (Å²) in [5, 5.41) is 34.9. The van der Waals surface area contributed by atoms with Gasteiger partial charge in [0.25, 0.3) is 11.6 Å². The van der Waals surface area contributed by atoms with Gasteiger partial charge in [0, 0.05) is 32.7 Å². The lowest BCUT2D eigenvalue weighted by Crippen LogP contribution is -2.81. The van der Waals surface area contributed by atoms with Gasteiger partial charge in [-0.15, -0.1) is 16.9 Å². The average Bonchev–Trinajstić information content (AvgIpc) is 3.37. The Labute approximate surface area is 236 Å². The first kappa shape index (κ1) is 28.9. The first-order valence-corrected chi connectivity index (χ1v) is 13.7. The zero-order valence-electron chi connectivity index (χ0n) is 21.6. The van der Waals surface area contributed by atoms with Gasteiger partial charge < -0.3 is 25.4 Å². The Morgan fingerprint density at radius 1 is 1.38 bits per heavy atom. The molecule has 3 heterocycles. The van der Waals surface area contributed by atoms with Crippen molar-refractivity contribution in [1.29, 1.82) is 5.26 Å². The second kappa shape index (κ2) is 11.9. The van der Waals surface area contributed by atoms with E-state index in [0.717, 1.165) is 9.80 Å². The molecule has 0 bridgehead atoms. The van der Waals surface area contributed by atoms with E-state index < -0.39 is 41.0 Å². The highest BCUT2D eigenvalue weighted by atomic mass is 32.2. The van der Waals surface area contributed by atoms with Crippen LogP contribution in [-0.2, 0) is 26.2 Å². The second-order valence-corrected chi connectivity index (χ2v) is 10.7. The molecule has 1 fully saturated rings. The van der Waals surface area contributed by atoms with E-state index in [2.05, 4.69) is 26.2 Å². The number of nitriles is 1. The summed E-state index contributed by atoms with van der Waals surface area (Å²) in [7, 11) is 4.29. The molecule has 0 saturated carbocycles. The molecular formula is C23H25N9O6S2. The topological polar surface area (TPSA) is 196 Å². The number of nitrogens with one attached hydrogen (secondary N) is 2. The van der Waals surface area contributed by atoms with E-state index in [9.17, 15) is 24.3 Å². The number of aryl methyl sites for hydroxylation is 1. The predicted octanol–water partition coefficient (Wildman–Crippen LogP) is -0.0788. The minimum atomic E-state index is -1.87. The lowest BCUT2D eigenvalue weighted by Gasteiger charge is -2.56. The Kier molecular flexibility index (Phi) is 8.61. The summed E-state index contributed by atoms with van der Waals surface area (Å²) in [6, 6.07) is 8.29. The van der Waals surface area contributed by atoms with Gasteiger partial charge in [-0.05, 0) is 21.6 Å². The molecule has 17 heteroatoms. The molecule has 1 aromatic carbocycles. The molecular weight excluding hydrogens is 562 g/mol. The van der Waals surface area contributed by atoms with Gasteiger partial charge in [-0.2, -0.15) is 5.26 Å². The van der Waals surface area contributed by atoms with Crippen LogP contribution in [0, 0.1) is 11.3 Å². The molecule has 15 nitrogen and oxygen atoms in total. The fourth-order valence-corrected chi connectivity index (χ4v) is 6.59. The standard InChI is InChI=1S/C23H25N9O6S2/c1-30(10-9-24)21(37)25-15(13-7-5-4-6-8-13)17(33)26-23(38-3)19(36)32-16(18(34)35)14(11-39-20(23)32)12-40-22-27-28-29-31(22)2/h4-8,15,20H,10-12H2,1-3H3,(H,25,37)(H,26,33)(H,34,35)/t15?,20?,23-/m1/s1. The number of aromatic nitrogens is 4. The number of ether oxygens (including phenoxy) is 1. The van der Waals surface area contributed by atoms with Gasteiger partial charge in [-0.25, -0.2) is 14.3 Å². The summed E-state index contributed by atoms with van der Waals surface area (Å²) < 4.78 is 6.99. The van der Waals surface area contributed by atoms with Crippen LogP contribution < -0.4 is 10.6 Å². The van der Waals surface area contributed by atoms with Gasteiger partial charge in [-0.3, -0.25) is 14.5 Å². The minimum Gasteiger partial charge on any atom is -0.477 e. The zero-order valence-corrected chi connectivity index (χ0v) is 23.2. The van der Waals surface area contributed by atoms with Gasteiger partial charge in [-0.1, -0.05) is 42.1 Å². The number of carboxylic acid groups (broad SMARTS) is 1. The number of hydrogen-bond acceptors (Lipinski definition) is 11. The number of benzene rings is 1. The number of urea groups is 1. The highest BCUT2D eigenvalue weighted by Gasteiger charge is 2.67. The molecule has 2 aliphatic rings. The SMILES string of the molecule is CO[C@]1(NC(=O)C(NC(=O)N(C)CC#N)c2ccccc2)C(=O)N2C(C(=O)O)=C(CSc3nnnn3C)CSC21. The number of carbonyl (C=O) groups is 4. The number of tetrazole rings is 1. The highest BCUT2D eigenvalue weighted by molar-refractivity contribution is 8.01. The lowest BCUT2D eigenvalue weighted by molar-refractivity contribution is -0.192. The predicted molar refractivity (Wildman–Crippen MR) is 141 cm³/mol. The minimum absolute atomic E-state index is 0.190. The molecule has 1 saturated heterocycles. The smallest absolute Gasteiger partial charge is 0.352 e. The number of carboxylic acids is 1. The number of hydrogen-bond donors (Lipinski definition) is 3. The van der Waals surface area contributed by atoms with Crippen LogP contribution in [-0.4, -0.2) is 102 Å². The van der Waals surface area contributed by atoms with E-state index in [0.29, 0.717) is 16.3 Å².